The van der Waals surface area contributed by atoms with Crippen LogP contribution < -0.4 is 14.8 Å². The summed E-state index contributed by atoms with van der Waals surface area (Å²) >= 11 is 1.73. The van der Waals surface area contributed by atoms with Gasteiger partial charge in [-0.15, -0.1) is 11.3 Å². The van der Waals surface area contributed by atoms with Crippen molar-refractivity contribution in [3.8, 4) is 11.5 Å². The molecule has 0 radical (unpaired) electrons. The van der Waals surface area contributed by atoms with E-state index in [4.69, 9.17) is 9.47 Å². The molecule has 0 saturated heterocycles. The van der Waals surface area contributed by atoms with Crippen molar-refractivity contribution >= 4 is 11.3 Å². The van der Waals surface area contributed by atoms with Gasteiger partial charge in [-0.3, -0.25) is 0 Å². The molecule has 0 aliphatic carbocycles. The minimum Gasteiger partial charge on any atom is -0.486 e. The Kier molecular flexibility index (Phi) is 3.66. The molecule has 0 fully saturated rings. The molecule has 100 valence electrons. The van der Waals surface area contributed by atoms with Crippen molar-refractivity contribution in [1.82, 2.24) is 10.3 Å². The molecule has 5 heteroatoms. The van der Waals surface area contributed by atoms with Crippen LogP contribution in [0.3, 0.4) is 0 Å². The minimum absolute atomic E-state index is 0.627. The predicted molar refractivity (Wildman–Crippen MR) is 74.8 cm³/mol. The summed E-state index contributed by atoms with van der Waals surface area (Å²) in [7, 11) is 0. The zero-order chi connectivity index (χ0) is 13.1. The van der Waals surface area contributed by atoms with Crippen molar-refractivity contribution in [2.75, 3.05) is 13.2 Å². The van der Waals surface area contributed by atoms with E-state index in [1.807, 2.05) is 18.3 Å². The van der Waals surface area contributed by atoms with Crippen LogP contribution in [0.2, 0.25) is 0 Å². The predicted octanol–water partition coefficient (Wildman–Crippen LogP) is 2.51. The highest BCUT2D eigenvalue weighted by Gasteiger charge is 2.11. The molecular formula is C14H16N2O2S. The fraction of sp³-hybridized carbons (Fsp3) is 0.357. The summed E-state index contributed by atoms with van der Waals surface area (Å²) in [6, 6.07) is 6.07. The van der Waals surface area contributed by atoms with E-state index in [-0.39, 0.29) is 0 Å². The Morgan fingerprint density at radius 1 is 1.21 bits per heavy atom. The lowest BCUT2D eigenvalue weighted by Gasteiger charge is -2.18. The second-order valence-corrected chi connectivity index (χ2v) is 5.77. The van der Waals surface area contributed by atoms with E-state index < -0.39 is 0 Å². The first-order valence-electron chi connectivity index (χ1n) is 6.32. The summed E-state index contributed by atoms with van der Waals surface area (Å²) in [5, 5.41) is 4.51. The molecule has 19 heavy (non-hydrogen) atoms. The Morgan fingerprint density at radius 2 is 2.05 bits per heavy atom. The zero-order valence-corrected chi connectivity index (χ0v) is 11.6. The van der Waals surface area contributed by atoms with Crippen LogP contribution in [0, 0.1) is 6.92 Å². The molecule has 0 saturated carbocycles. The molecule has 0 unspecified atom stereocenters. The van der Waals surface area contributed by atoms with Crippen molar-refractivity contribution in [2.45, 2.75) is 20.0 Å². The highest BCUT2D eigenvalue weighted by molar-refractivity contribution is 7.11. The van der Waals surface area contributed by atoms with Crippen LogP contribution in [0.1, 0.15) is 15.4 Å². The summed E-state index contributed by atoms with van der Waals surface area (Å²) in [5.41, 5.74) is 1.19. The number of ether oxygens (including phenoxy) is 2. The van der Waals surface area contributed by atoms with Crippen molar-refractivity contribution < 1.29 is 9.47 Å². The van der Waals surface area contributed by atoms with Gasteiger partial charge in [-0.05, 0) is 24.6 Å². The van der Waals surface area contributed by atoms with Crippen molar-refractivity contribution in [3.63, 3.8) is 0 Å². The maximum Gasteiger partial charge on any atom is 0.161 e. The molecule has 1 aromatic carbocycles. The summed E-state index contributed by atoms with van der Waals surface area (Å²) < 4.78 is 11.1. The van der Waals surface area contributed by atoms with E-state index in [9.17, 15) is 0 Å². The van der Waals surface area contributed by atoms with Gasteiger partial charge >= 0.3 is 0 Å². The Labute approximate surface area is 116 Å². The van der Waals surface area contributed by atoms with Gasteiger partial charge in [0.25, 0.3) is 0 Å². The van der Waals surface area contributed by atoms with E-state index >= 15 is 0 Å². The molecule has 2 heterocycles. The van der Waals surface area contributed by atoms with Gasteiger partial charge < -0.3 is 14.8 Å². The van der Waals surface area contributed by atoms with Crippen LogP contribution in [-0.4, -0.2) is 18.2 Å². The minimum atomic E-state index is 0.627. The fourth-order valence-electron chi connectivity index (χ4n) is 1.99. The number of rotatable bonds is 4. The van der Waals surface area contributed by atoms with Gasteiger partial charge in [-0.25, -0.2) is 4.98 Å². The Morgan fingerprint density at radius 3 is 2.84 bits per heavy atom. The van der Waals surface area contributed by atoms with E-state index in [2.05, 4.69) is 23.3 Å². The second-order valence-electron chi connectivity index (χ2n) is 4.45. The van der Waals surface area contributed by atoms with Crippen LogP contribution in [0.5, 0.6) is 11.5 Å². The third kappa shape index (κ3) is 3.05. The third-order valence-corrected chi connectivity index (χ3v) is 3.79. The smallest absolute Gasteiger partial charge is 0.161 e. The number of aryl methyl sites for hydroxylation is 1. The number of aromatic nitrogens is 1. The number of nitrogens with one attached hydrogen (secondary N) is 1. The van der Waals surface area contributed by atoms with Gasteiger partial charge in [-0.1, -0.05) is 6.07 Å². The van der Waals surface area contributed by atoms with E-state index in [1.54, 1.807) is 11.3 Å². The SMILES string of the molecule is Cc1cnc(CNCc2ccc3c(c2)OCCO3)s1. The molecule has 3 rings (SSSR count). The highest BCUT2D eigenvalue weighted by Crippen LogP contribution is 2.30. The maximum atomic E-state index is 5.57. The molecular weight excluding hydrogens is 260 g/mol. The first-order chi connectivity index (χ1) is 9.31. The average Bonchev–Trinajstić information content (AvgIpc) is 2.84. The molecule has 0 amide bonds. The highest BCUT2D eigenvalue weighted by atomic mass is 32.1. The summed E-state index contributed by atoms with van der Waals surface area (Å²) in [6.07, 6.45) is 1.91. The third-order valence-electron chi connectivity index (χ3n) is 2.88. The standard InChI is InChI=1S/C14H16N2O2S/c1-10-7-16-14(19-10)9-15-8-11-2-3-12-13(6-11)18-5-4-17-12/h2-3,6-7,15H,4-5,8-9H2,1H3. The second kappa shape index (κ2) is 5.59. The van der Waals surface area contributed by atoms with E-state index in [1.165, 1.54) is 10.4 Å². The summed E-state index contributed by atoms with van der Waals surface area (Å²) in [5.74, 6) is 1.68. The number of hydrogen-bond donors (Lipinski definition) is 1. The van der Waals surface area contributed by atoms with Gasteiger partial charge in [0.2, 0.25) is 0 Å². The van der Waals surface area contributed by atoms with Crippen molar-refractivity contribution in [2.24, 2.45) is 0 Å². The maximum absolute atomic E-state index is 5.57. The van der Waals surface area contributed by atoms with Gasteiger partial charge in [0.1, 0.15) is 18.2 Å². The Bertz CT molecular complexity index is 568. The van der Waals surface area contributed by atoms with E-state index in [0.717, 1.165) is 29.6 Å². The lowest BCUT2D eigenvalue weighted by molar-refractivity contribution is 0.171. The van der Waals surface area contributed by atoms with Gasteiger partial charge in [0, 0.05) is 24.2 Å². The van der Waals surface area contributed by atoms with Crippen molar-refractivity contribution in [3.05, 3.63) is 39.8 Å². The monoisotopic (exact) mass is 276 g/mol. The molecule has 0 spiro atoms. The summed E-state index contributed by atoms with van der Waals surface area (Å²) in [4.78, 5) is 5.57. The first kappa shape index (κ1) is 12.4. The van der Waals surface area contributed by atoms with Crippen LogP contribution in [0.4, 0.5) is 0 Å². The van der Waals surface area contributed by atoms with Gasteiger partial charge in [0.15, 0.2) is 11.5 Å². The normalized spacial score (nSPS) is 13.5. The number of thiazole rings is 1. The lowest BCUT2D eigenvalue weighted by atomic mass is 10.2. The molecule has 4 nitrogen and oxygen atoms in total. The average molecular weight is 276 g/mol. The molecule has 1 N–H and O–H groups in total. The van der Waals surface area contributed by atoms with Gasteiger partial charge in [0.05, 0.1) is 0 Å². The van der Waals surface area contributed by atoms with Crippen LogP contribution in [-0.2, 0) is 13.1 Å². The number of nitrogens with zero attached hydrogens (tertiary/aromatic N) is 1. The molecule has 2 aromatic rings. The fourth-order valence-corrected chi connectivity index (χ4v) is 2.75. The van der Waals surface area contributed by atoms with Crippen LogP contribution >= 0.6 is 11.3 Å². The largest absolute Gasteiger partial charge is 0.486 e. The van der Waals surface area contributed by atoms with Crippen LogP contribution in [0.15, 0.2) is 24.4 Å². The molecule has 0 bridgehead atoms. The zero-order valence-electron chi connectivity index (χ0n) is 10.8. The molecule has 1 aliphatic rings. The first-order valence-corrected chi connectivity index (χ1v) is 7.13. The van der Waals surface area contributed by atoms with Crippen molar-refractivity contribution in [1.29, 1.82) is 0 Å². The molecule has 0 atom stereocenters. The summed E-state index contributed by atoms with van der Waals surface area (Å²) in [6.45, 7) is 4.93. The molecule has 1 aromatic heterocycles. The number of hydrogen-bond acceptors (Lipinski definition) is 5. The van der Waals surface area contributed by atoms with Gasteiger partial charge in [-0.2, -0.15) is 0 Å². The Hall–Kier alpha value is -1.59. The molecule has 1 aliphatic heterocycles. The Balaban J connectivity index is 1.58. The topological polar surface area (TPSA) is 43.4 Å². The van der Waals surface area contributed by atoms with Crippen LogP contribution in [0.25, 0.3) is 0 Å². The number of fused-ring (bicyclic) bond motifs is 1. The number of benzene rings is 1. The lowest BCUT2D eigenvalue weighted by Crippen LogP contribution is -2.16. The quantitative estimate of drug-likeness (QED) is 0.932. The van der Waals surface area contributed by atoms with E-state index in [0.29, 0.717) is 13.2 Å².